The fraction of sp³-hybridized carbons (Fsp3) is 0.300. The standard InChI is InChI=1S/C10H13BrN2/c1-2-3-4-5-13-10-6-9(11)7-12-8-10/h2-3,6-8,13H,4-5H2,1H3/b3-2+. The minimum absolute atomic E-state index is 0.947. The van der Waals surface area contributed by atoms with Gasteiger partial charge in [-0.25, -0.2) is 0 Å². The Bertz CT molecular complexity index is 284. The van der Waals surface area contributed by atoms with Gasteiger partial charge in [0.2, 0.25) is 0 Å². The predicted molar refractivity (Wildman–Crippen MR) is 59.9 cm³/mol. The van der Waals surface area contributed by atoms with Crippen molar-refractivity contribution < 1.29 is 0 Å². The summed E-state index contributed by atoms with van der Waals surface area (Å²) in [5.41, 5.74) is 1.05. The highest BCUT2D eigenvalue weighted by molar-refractivity contribution is 9.10. The van der Waals surface area contributed by atoms with E-state index >= 15 is 0 Å². The van der Waals surface area contributed by atoms with E-state index < -0.39 is 0 Å². The molecule has 70 valence electrons. The number of hydrogen-bond acceptors (Lipinski definition) is 2. The first-order chi connectivity index (χ1) is 6.33. The summed E-state index contributed by atoms with van der Waals surface area (Å²) in [4.78, 5) is 4.06. The quantitative estimate of drug-likeness (QED) is 0.646. The molecular formula is C10H13BrN2. The second kappa shape index (κ2) is 5.75. The van der Waals surface area contributed by atoms with Gasteiger partial charge >= 0.3 is 0 Å². The fourth-order valence-corrected chi connectivity index (χ4v) is 1.34. The van der Waals surface area contributed by atoms with Crippen LogP contribution in [-0.2, 0) is 0 Å². The second-order valence-electron chi connectivity index (χ2n) is 2.68. The summed E-state index contributed by atoms with van der Waals surface area (Å²) in [7, 11) is 0. The molecule has 1 heterocycles. The van der Waals surface area contributed by atoms with E-state index in [-0.39, 0.29) is 0 Å². The van der Waals surface area contributed by atoms with E-state index in [1.807, 2.05) is 19.2 Å². The van der Waals surface area contributed by atoms with Gasteiger partial charge in [-0.3, -0.25) is 4.98 Å². The molecule has 0 fully saturated rings. The van der Waals surface area contributed by atoms with Crippen LogP contribution in [0, 0.1) is 0 Å². The maximum atomic E-state index is 4.06. The van der Waals surface area contributed by atoms with E-state index in [9.17, 15) is 0 Å². The lowest BCUT2D eigenvalue weighted by Crippen LogP contribution is -2.00. The summed E-state index contributed by atoms with van der Waals surface area (Å²) >= 11 is 3.37. The van der Waals surface area contributed by atoms with E-state index in [0.29, 0.717) is 0 Å². The molecule has 1 N–H and O–H groups in total. The molecule has 0 amide bonds. The Balaban J connectivity index is 2.36. The molecule has 0 atom stereocenters. The van der Waals surface area contributed by atoms with E-state index in [1.165, 1.54) is 0 Å². The summed E-state index contributed by atoms with van der Waals surface area (Å²) in [6.07, 6.45) is 8.83. The van der Waals surface area contributed by atoms with Crippen molar-refractivity contribution in [1.82, 2.24) is 4.98 Å². The predicted octanol–water partition coefficient (Wildman–Crippen LogP) is 3.22. The van der Waals surface area contributed by atoms with E-state index in [2.05, 4.69) is 38.4 Å². The second-order valence-corrected chi connectivity index (χ2v) is 3.59. The Morgan fingerprint density at radius 3 is 3.08 bits per heavy atom. The number of rotatable bonds is 4. The number of allylic oxidation sites excluding steroid dienone is 1. The Kier molecular flexibility index (Phi) is 4.54. The Morgan fingerprint density at radius 2 is 2.38 bits per heavy atom. The molecule has 1 rings (SSSR count). The minimum Gasteiger partial charge on any atom is -0.383 e. The van der Waals surface area contributed by atoms with E-state index in [0.717, 1.165) is 23.1 Å². The van der Waals surface area contributed by atoms with Crippen LogP contribution in [0.15, 0.2) is 35.1 Å². The van der Waals surface area contributed by atoms with Crippen LogP contribution in [0.1, 0.15) is 13.3 Å². The van der Waals surface area contributed by atoms with Crippen molar-refractivity contribution in [2.75, 3.05) is 11.9 Å². The van der Waals surface area contributed by atoms with Gasteiger partial charge < -0.3 is 5.32 Å². The lowest BCUT2D eigenvalue weighted by molar-refractivity contribution is 1.06. The summed E-state index contributed by atoms with van der Waals surface area (Å²) in [6, 6.07) is 2.02. The SMILES string of the molecule is C/C=C/CCNc1cncc(Br)c1. The highest BCUT2D eigenvalue weighted by atomic mass is 79.9. The third-order valence-corrected chi connectivity index (χ3v) is 2.01. The van der Waals surface area contributed by atoms with Gasteiger partial charge in [-0.05, 0) is 35.3 Å². The van der Waals surface area contributed by atoms with E-state index in [1.54, 1.807) is 6.20 Å². The molecule has 13 heavy (non-hydrogen) atoms. The van der Waals surface area contributed by atoms with Gasteiger partial charge in [-0.2, -0.15) is 0 Å². The van der Waals surface area contributed by atoms with Crippen molar-refractivity contribution in [3.05, 3.63) is 35.1 Å². The first-order valence-electron chi connectivity index (χ1n) is 4.28. The van der Waals surface area contributed by atoms with Crippen molar-refractivity contribution in [3.63, 3.8) is 0 Å². The lowest BCUT2D eigenvalue weighted by Gasteiger charge is -2.03. The van der Waals surface area contributed by atoms with Gasteiger partial charge in [0.05, 0.1) is 11.9 Å². The van der Waals surface area contributed by atoms with Gasteiger partial charge in [0.25, 0.3) is 0 Å². The lowest BCUT2D eigenvalue weighted by atomic mass is 10.3. The van der Waals surface area contributed by atoms with Crippen LogP contribution in [0.4, 0.5) is 5.69 Å². The van der Waals surface area contributed by atoms with Crippen LogP contribution >= 0.6 is 15.9 Å². The molecule has 0 aliphatic carbocycles. The molecule has 0 saturated carbocycles. The van der Waals surface area contributed by atoms with Gasteiger partial charge in [0.1, 0.15) is 0 Å². The smallest absolute Gasteiger partial charge is 0.0538 e. The summed E-state index contributed by atoms with van der Waals surface area (Å²) in [5, 5.41) is 3.28. The minimum atomic E-state index is 0.947. The van der Waals surface area contributed by atoms with Crippen molar-refractivity contribution in [1.29, 1.82) is 0 Å². The molecule has 1 aromatic rings. The summed E-state index contributed by atoms with van der Waals surface area (Å²) < 4.78 is 1.00. The number of pyridine rings is 1. The highest BCUT2D eigenvalue weighted by Crippen LogP contribution is 2.13. The number of nitrogens with one attached hydrogen (secondary N) is 1. The average Bonchev–Trinajstić information content (AvgIpc) is 2.13. The maximum Gasteiger partial charge on any atom is 0.0538 e. The van der Waals surface area contributed by atoms with Crippen LogP contribution in [0.3, 0.4) is 0 Å². The van der Waals surface area contributed by atoms with Crippen LogP contribution < -0.4 is 5.32 Å². The van der Waals surface area contributed by atoms with Crippen molar-refractivity contribution in [2.24, 2.45) is 0 Å². The van der Waals surface area contributed by atoms with Gasteiger partial charge in [-0.1, -0.05) is 12.2 Å². The van der Waals surface area contributed by atoms with E-state index in [4.69, 9.17) is 0 Å². The van der Waals surface area contributed by atoms with Crippen LogP contribution in [0.5, 0.6) is 0 Å². The third kappa shape index (κ3) is 4.08. The zero-order chi connectivity index (χ0) is 9.52. The zero-order valence-electron chi connectivity index (χ0n) is 7.63. The van der Waals surface area contributed by atoms with Crippen LogP contribution in [0.25, 0.3) is 0 Å². The number of hydrogen-bond donors (Lipinski definition) is 1. The van der Waals surface area contributed by atoms with Crippen LogP contribution in [0.2, 0.25) is 0 Å². The first kappa shape index (κ1) is 10.3. The largest absolute Gasteiger partial charge is 0.383 e. The normalized spacial score (nSPS) is 10.6. The zero-order valence-corrected chi connectivity index (χ0v) is 9.21. The molecule has 0 aliphatic heterocycles. The molecule has 0 unspecified atom stereocenters. The Morgan fingerprint density at radius 1 is 1.54 bits per heavy atom. The molecule has 0 aromatic carbocycles. The Labute approximate surface area is 87.2 Å². The molecule has 2 nitrogen and oxygen atoms in total. The molecule has 0 radical (unpaired) electrons. The third-order valence-electron chi connectivity index (χ3n) is 1.58. The highest BCUT2D eigenvalue weighted by Gasteiger charge is 1.91. The van der Waals surface area contributed by atoms with Crippen LogP contribution in [-0.4, -0.2) is 11.5 Å². The first-order valence-corrected chi connectivity index (χ1v) is 5.08. The summed E-state index contributed by atoms with van der Waals surface area (Å²) in [5.74, 6) is 0. The molecule has 0 aliphatic rings. The van der Waals surface area contributed by atoms with Crippen molar-refractivity contribution in [3.8, 4) is 0 Å². The molecular weight excluding hydrogens is 228 g/mol. The molecule has 0 spiro atoms. The molecule has 0 bridgehead atoms. The number of halogens is 1. The topological polar surface area (TPSA) is 24.9 Å². The summed E-state index contributed by atoms with van der Waals surface area (Å²) in [6.45, 7) is 2.98. The van der Waals surface area contributed by atoms with Crippen molar-refractivity contribution >= 4 is 21.6 Å². The number of nitrogens with zero attached hydrogens (tertiary/aromatic N) is 1. The Hall–Kier alpha value is -0.830. The van der Waals surface area contributed by atoms with Gasteiger partial charge in [0.15, 0.2) is 0 Å². The fourth-order valence-electron chi connectivity index (χ4n) is 0.975. The molecule has 3 heteroatoms. The van der Waals surface area contributed by atoms with Crippen molar-refractivity contribution in [2.45, 2.75) is 13.3 Å². The average molecular weight is 241 g/mol. The maximum absolute atomic E-state index is 4.06. The monoisotopic (exact) mass is 240 g/mol. The van der Waals surface area contributed by atoms with Gasteiger partial charge in [0, 0.05) is 17.2 Å². The molecule has 1 aromatic heterocycles. The van der Waals surface area contributed by atoms with Gasteiger partial charge in [-0.15, -0.1) is 0 Å². The number of aromatic nitrogens is 1. The molecule has 0 saturated heterocycles. The number of anilines is 1.